The zero-order chi connectivity index (χ0) is 18.4. The highest BCUT2D eigenvalue weighted by Gasteiger charge is 2.31. The summed E-state index contributed by atoms with van der Waals surface area (Å²) in [7, 11) is 0. The van der Waals surface area contributed by atoms with E-state index >= 15 is 0 Å². The van der Waals surface area contributed by atoms with Gasteiger partial charge in [0.1, 0.15) is 0 Å². The standard InChI is InChI=1S/C20H32N2O3/c1-15(23)13-20(2,3)14-21-19(25)22-11-7-10-17(22)12-18(24)16-8-5-4-6-9-16/h4-6,8-9,15,17-18,23-24H,7,10-14H2,1-3H3,(H,21,25). The molecule has 2 rings (SSSR count). The summed E-state index contributed by atoms with van der Waals surface area (Å²) in [5.41, 5.74) is 0.746. The van der Waals surface area contributed by atoms with E-state index in [1.54, 1.807) is 6.92 Å². The van der Waals surface area contributed by atoms with E-state index in [9.17, 15) is 15.0 Å². The summed E-state index contributed by atoms with van der Waals surface area (Å²) in [4.78, 5) is 14.4. The van der Waals surface area contributed by atoms with E-state index < -0.39 is 6.10 Å². The van der Waals surface area contributed by atoms with Crippen molar-refractivity contribution in [3.05, 3.63) is 35.9 Å². The predicted molar refractivity (Wildman–Crippen MR) is 99.2 cm³/mol. The third-order valence-electron chi connectivity index (χ3n) is 4.88. The van der Waals surface area contributed by atoms with Crippen molar-refractivity contribution in [2.24, 2.45) is 5.41 Å². The van der Waals surface area contributed by atoms with E-state index in [-0.39, 0.29) is 23.6 Å². The molecule has 1 aliphatic rings. The maximum Gasteiger partial charge on any atom is 0.317 e. The number of hydrogen-bond donors (Lipinski definition) is 3. The Bertz CT molecular complexity index is 545. The normalized spacial score (nSPS) is 20.4. The van der Waals surface area contributed by atoms with E-state index in [0.717, 1.165) is 24.9 Å². The molecule has 0 radical (unpaired) electrons. The number of carbonyl (C=O) groups excluding carboxylic acids is 1. The Morgan fingerprint density at radius 1 is 1.32 bits per heavy atom. The summed E-state index contributed by atoms with van der Waals surface area (Å²) in [5.74, 6) is 0. The number of nitrogens with zero attached hydrogens (tertiary/aromatic N) is 1. The monoisotopic (exact) mass is 348 g/mol. The Morgan fingerprint density at radius 3 is 2.64 bits per heavy atom. The lowest BCUT2D eigenvalue weighted by atomic mass is 9.87. The molecule has 25 heavy (non-hydrogen) atoms. The third kappa shape index (κ3) is 6.01. The van der Waals surface area contributed by atoms with Gasteiger partial charge in [0.2, 0.25) is 0 Å². The van der Waals surface area contributed by atoms with Crippen LogP contribution in [-0.4, -0.2) is 46.4 Å². The number of urea groups is 1. The SMILES string of the molecule is CC(O)CC(C)(C)CNC(=O)N1CCCC1CC(O)c1ccccc1. The maximum absolute atomic E-state index is 12.6. The van der Waals surface area contributed by atoms with Gasteiger partial charge in [0, 0.05) is 19.1 Å². The van der Waals surface area contributed by atoms with Crippen LogP contribution in [0.25, 0.3) is 0 Å². The molecule has 0 saturated carbocycles. The fourth-order valence-corrected chi connectivity index (χ4v) is 3.71. The smallest absolute Gasteiger partial charge is 0.317 e. The molecular weight excluding hydrogens is 316 g/mol. The number of nitrogens with one attached hydrogen (secondary N) is 1. The molecule has 1 aliphatic heterocycles. The fraction of sp³-hybridized carbons (Fsp3) is 0.650. The summed E-state index contributed by atoms with van der Waals surface area (Å²) in [6, 6.07) is 9.60. The molecule has 5 heteroatoms. The maximum atomic E-state index is 12.6. The minimum Gasteiger partial charge on any atom is -0.393 e. The molecule has 0 spiro atoms. The van der Waals surface area contributed by atoms with Gasteiger partial charge in [-0.25, -0.2) is 4.79 Å². The average Bonchev–Trinajstić information content (AvgIpc) is 3.00. The van der Waals surface area contributed by atoms with Gasteiger partial charge in [-0.3, -0.25) is 0 Å². The van der Waals surface area contributed by atoms with Gasteiger partial charge in [-0.05, 0) is 43.6 Å². The number of likely N-dealkylation sites (tertiary alicyclic amines) is 1. The zero-order valence-electron chi connectivity index (χ0n) is 15.6. The van der Waals surface area contributed by atoms with Gasteiger partial charge in [-0.2, -0.15) is 0 Å². The van der Waals surface area contributed by atoms with Crippen LogP contribution in [0.5, 0.6) is 0 Å². The lowest BCUT2D eigenvalue weighted by molar-refractivity contribution is 0.117. The van der Waals surface area contributed by atoms with Crippen molar-refractivity contribution in [1.82, 2.24) is 10.2 Å². The second-order valence-corrected chi connectivity index (χ2v) is 8.03. The Balaban J connectivity index is 1.88. The molecule has 3 unspecified atom stereocenters. The molecule has 1 fully saturated rings. The number of aliphatic hydroxyl groups is 2. The number of carbonyl (C=O) groups is 1. The molecule has 140 valence electrons. The molecule has 0 bridgehead atoms. The average molecular weight is 348 g/mol. The Morgan fingerprint density at radius 2 is 2.00 bits per heavy atom. The molecule has 2 amide bonds. The Hall–Kier alpha value is -1.59. The summed E-state index contributed by atoms with van der Waals surface area (Å²) >= 11 is 0. The number of rotatable bonds is 7. The van der Waals surface area contributed by atoms with Crippen LogP contribution in [0.2, 0.25) is 0 Å². The van der Waals surface area contributed by atoms with Gasteiger partial charge in [-0.1, -0.05) is 44.2 Å². The first-order valence-corrected chi connectivity index (χ1v) is 9.24. The quantitative estimate of drug-likeness (QED) is 0.709. The zero-order valence-corrected chi connectivity index (χ0v) is 15.6. The van der Waals surface area contributed by atoms with Crippen LogP contribution in [0, 0.1) is 5.41 Å². The van der Waals surface area contributed by atoms with Crippen LogP contribution >= 0.6 is 0 Å². The van der Waals surface area contributed by atoms with E-state index in [4.69, 9.17) is 0 Å². The van der Waals surface area contributed by atoms with Gasteiger partial charge < -0.3 is 20.4 Å². The highest BCUT2D eigenvalue weighted by molar-refractivity contribution is 5.74. The van der Waals surface area contributed by atoms with Crippen molar-refractivity contribution in [3.8, 4) is 0 Å². The first-order valence-electron chi connectivity index (χ1n) is 9.24. The Labute approximate surface area is 151 Å². The molecule has 3 N–H and O–H groups in total. The minimum absolute atomic E-state index is 0.0649. The van der Waals surface area contributed by atoms with Crippen molar-refractivity contribution in [3.63, 3.8) is 0 Å². The second kappa shape index (κ2) is 8.68. The lowest BCUT2D eigenvalue weighted by Gasteiger charge is -2.30. The van der Waals surface area contributed by atoms with Crippen molar-refractivity contribution >= 4 is 6.03 Å². The largest absolute Gasteiger partial charge is 0.393 e. The molecular formula is C20H32N2O3. The molecule has 0 aliphatic carbocycles. The Kier molecular flexibility index (Phi) is 6.85. The summed E-state index contributed by atoms with van der Waals surface area (Å²) in [6.45, 7) is 7.11. The van der Waals surface area contributed by atoms with Crippen molar-refractivity contribution < 1.29 is 15.0 Å². The van der Waals surface area contributed by atoms with Crippen LogP contribution in [0.3, 0.4) is 0 Å². The number of aliphatic hydroxyl groups excluding tert-OH is 2. The fourth-order valence-electron chi connectivity index (χ4n) is 3.71. The number of benzene rings is 1. The van der Waals surface area contributed by atoms with Gasteiger partial charge in [0.05, 0.1) is 12.2 Å². The number of amides is 2. The first-order chi connectivity index (χ1) is 11.8. The van der Waals surface area contributed by atoms with E-state index in [1.165, 1.54) is 0 Å². The number of hydrogen-bond acceptors (Lipinski definition) is 3. The molecule has 1 heterocycles. The lowest BCUT2D eigenvalue weighted by Crippen LogP contribution is -2.46. The van der Waals surface area contributed by atoms with Crippen LogP contribution in [0.4, 0.5) is 4.79 Å². The summed E-state index contributed by atoms with van der Waals surface area (Å²) < 4.78 is 0. The molecule has 1 aromatic rings. The van der Waals surface area contributed by atoms with Gasteiger partial charge in [-0.15, -0.1) is 0 Å². The molecule has 3 atom stereocenters. The minimum atomic E-state index is -0.550. The van der Waals surface area contributed by atoms with Gasteiger partial charge in [0.25, 0.3) is 0 Å². The van der Waals surface area contributed by atoms with Crippen LogP contribution in [-0.2, 0) is 0 Å². The van der Waals surface area contributed by atoms with Crippen LogP contribution in [0.1, 0.15) is 58.1 Å². The molecule has 0 aromatic heterocycles. The molecule has 1 saturated heterocycles. The van der Waals surface area contributed by atoms with E-state index in [2.05, 4.69) is 5.32 Å². The highest BCUT2D eigenvalue weighted by atomic mass is 16.3. The van der Waals surface area contributed by atoms with Gasteiger partial charge >= 0.3 is 6.03 Å². The van der Waals surface area contributed by atoms with Crippen LogP contribution < -0.4 is 5.32 Å². The topological polar surface area (TPSA) is 72.8 Å². The van der Waals surface area contributed by atoms with Gasteiger partial charge in [0.15, 0.2) is 0 Å². The van der Waals surface area contributed by atoms with Crippen molar-refractivity contribution in [1.29, 1.82) is 0 Å². The third-order valence-corrected chi connectivity index (χ3v) is 4.88. The van der Waals surface area contributed by atoms with E-state index in [1.807, 2.05) is 49.1 Å². The van der Waals surface area contributed by atoms with E-state index in [0.29, 0.717) is 19.4 Å². The van der Waals surface area contributed by atoms with Crippen molar-refractivity contribution in [2.75, 3.05) is 13.1 Å². The highest BCUT2D eigenvalue weighted by Crippen LogP contribution is 2.28. The summed E-state index contributed by atoms with van der Waals surface area (Å²) in [5, 5.41) is 23.0. The summed E-state index contributed by atoms with van der Waals surface area (Å²) in [6.07, 6.45) is 2.17. The second-order valence-electron chi connectivity index (χ2n) is 8.03. The van der Waals surface area contributed by atoms with Crippen LogP contribution in [0.15, 0.2) is 30.3 Å². The predicted octanol–water partition coefficient (Wildman–Crippen LogP) is 3.08. The first kappa shape index (κ1) is 19.7. The van der Waals surface area contributed by atoms with Crippen molar-refractivity contribution in [2.45, 2.75) is 64.7 Å². The molecule has 1 aromatic carbocycles. The molecule has 5 nitrogen and oxygen atoms in total.